The van der Waals surface area contributed by atoms with Crippen LogP contribution in [0.15, 0.2) is 29.2 Å². The summed E-state index contributed by atoms with van der Waals surface area (Å²) >= 11 is 3.23. The molecule has 1 aliphatic rings. The summed E-state index contributed by atoms with van der Waals surface area (Å²) in [5, 5.41) is 3.57. The fourth-order valence-corrected chi connectivity index (χ4v) is 5.33. The Kier molecular flexibility index (Phi) is 7.38. The van der Waals surface area contributed by atoms with E-state index in [0.29, 0.717) is 28.8 Å². The maximum Gasteiger partial charge on any atom is 0.341 e. The molecule has 0 fully saturated rings. The molecular formula is C22H28N2O3S2. The molecule has 0 spiro atoms. The number of hydrogen-bond donors (Lipinski definition) is 1. The average molecular weight is 433 g/mol. The van der Waals surface area contributed by atoms with Gasteiger partial charge in [0.2, 0.25) is 0 Å². The molecule has 1 N–H and O–H groups in total. The third-order valence-electron chi connectivity index (χ3n) is 4.95. The Morgan fingerprint density at radius 3 is 2.59 bits per heavy atom. The van der Waals surface area contributed by atoms with E-state index in [1.54, 1.807) is 18.7 Å². The number of nitrogens with one attached hydrogen (secondary N) is 1. The van der Waals surface area contributed by atoms with E-state index in [0.717, 1.165) is 40.6 Å². The lowest BCUT2D eigenvalue weighted by molar-refractivity contribution is 0.0526. The van der Waals surface area contributed by atoms with Crippen LogP contribution in [0.2, 0.25) is 0 Å². The van der Waals surface area contributed by atoms with Gasteiger partial charge in [-0.2, -0.15) is 0 Å². The lowest BCUT2D eigenvalue weighted by Crippen LogP contribution is -2.35. The molecular weight excluding hydrogens is 404 g/mol. The first-order valence-corrected chi connectivity index (χ1v) is 11.8. The number of benzene rings is 1. The number of carbonyl (C=O) groups excluding carboxylic acids is 2. The van der Waals surface area contributed by atoms with Gasteiger partial charge in [-0.05, 0) is 62.8 Å². The maximum absolute atomic E-state index is 12.8. The zero-order valence-electron chi connectivity index (χ0n) is 17.4. The first kappa shape index (κ1) is 21.9. The monoisotopic (exact) mass is 432 g/mol. The van der Waals surface area contributed by atoms with E-state index in [1.807, 2.05) is 24.3 Å². The second kappa shape index (κ2) is 9.78. The Bertz CT molecular complexity index is 875. The normalized spacial score (nSPS) is 14.0. The number of fused-ring (bicyclic) bond motifs is 1. The summed E-state index contributed by atoms with van der Waals surface area (Å²) in [5.74, 6) is 0.429. The van der Waals surface area contributed by atoms with Gasteiger partial charge in [-0.1, -0.05) is 6.92 Å². The van der Waals surface area contributed by atoms with Gasteiger partial charge in [0.15, 0.2) is 0 Å². The molecule has 0 bridgehead atoms. The third kappa shape index (κ3) is 5.02. The van der Waals surface area contributed by atoms with Crippen LogP contribution in [0.4, 0.5) is 5.00 Å². The van der Waals surface area contributed by atoms with Crippen molar-refractivity contribution in [1.29, 1.82) is 0 Å². The Morgan fingerprint density at radius 1 is 1.24 bits per heavy atom. The van der Waals surface area contributed by atoms with Crippen LogP contribution < -0.4 is 5.32 Å². The summed E-state index contributed by atoms with van der Waals surface area (Å²) in [5.41, 5.74) is 2.13. The van der Waals surface area contributed by atoms with Crippen molar-refractivity contribution < 1.29 is 14.3 Å². The van der Waals surface area contributed by atoms with Crippen LogP contribution in [0.5, 0.6) is 0 Å². The van der Waals surface area contributed by atoms with Crippen molar-refractivity contribution in [3.05, 3.63) is 45.8 Å². The molecule has 0 atom stereocenters. The number of rotatable bonds is 7. The molecule has 29 heavy (non-hydrogen) atoms. The smallest absolute Gasteiger partial charge is 0.341 e. The minimum Gasteiger partial charge on any atom is -0.462 e. The van der Waals surface area contributed by atoms with Gasteiger partial charge in [0.05, 0.1) is 12.2 Å². The number of thioether (sulfide) groups is 1. The number of hydrogen-bond acceptors (Lipinski definition) is 6. The predicted molar refractivity (Wildman–Crippen MR) is 120 cm³/mol. The van der Waals surface area contributed by atoms with Gasteiger partial charge in [0.25, 0.3) is 5.91 Å². The van der Waals surface area contributed by atoms with Crippen LogP contribution in [-0.2, 0) is 17.7 Å². The van der Waals surface area contributed by atoms with Crippen LogP contribution in [0.3, 0.4) is 0 Å². The molecule has 1 aromatic carbocycles. The molecule has 0 radical (unpaired) electrons. The number of amides is 1. The molecule has 0 saturated heterocycles. The van der Waals surface area contributed by atoms with E-state index in [1.165, 1.54) is 11.3 Å². The number of carbonyl (C=O) groups is 2. The van der Waals surface area contributed by atoms with Crippen LogP contribution in [0.1, 0.15) is 58.9 Å². The van der Waals surface area contributed by atoms with E-state index < -0.39 is 0 Å². The summed E-state index contributed by atoms with van der Waals surface area (Å²) in [6.45, 7) is 10.3. The highest BCUT2D eigenvalue weighted by Crippen LogP contribution is 2.38. The highest BCUT2D eigenvalue weighted by molar-refractivity contribution is 7.99. The minimum atomic E-state index is -0.354. The van der Waals surface area contributed by atoms with Crippen LogP contribution in [-0.4, -0.2) is 41.7 Å². The standard InChI is InChI=1S/C22H28N2O3S2/c1-5-27-22(26)19-17-11-12-24(14(3)4)13-18(17)29-21(19)23-20(25)15-7-9-16(10-8-15)28-6-2/h7-10,14H,5-6,11-13H2,1-4H3,(H,23,25). The Balaban J connectivity index is 1.87. The van der Waals surface area contributed by atoms with Crippen molar-refractivity contribution in [3.8, 4) is 0 Å². The van der Waals surface area contributed by atoms with Crippen LogP contribution >= 0.6 is 23.1 Å². The van der Waals surface area contributed by atoms with Gasteiger partial charge in [0, 0.05) is 34.5 Å². The van der Waals surface area contributed by atoms with Gasteiger partial charge in [0.1, 0.15) is 5.00 Å². The van der Waals surface area contributed by atoms with E-state index in [9.17, 15) is 9.59 Å². The van der Waals surface area contributed by atoms with Gasteiger partial charge >= 0.3 is 5.97 Å². The SMILES string of the molecule is CCOC(=O)c1c(NC(=O)c2ccc(SCC)cc2)sc2c1CCN(C(C)C)C2. The molecule has 2 heterocycles. The minimum absolute atomic E-state index is 0.206. The summed E-state index contributed by atoms with van der Waals surface area (Å²) in [7, 11) is 0. The van der Waals surface area contributed by atoms with Crippen LogP contribution in [0, 0.1) is 0 Å². The zero-order valence-corrected chi connectivity index (χ0v) is 19.0. The molecule has 0 aliphatic carbocycles. The summed E-state index contributed by atoms with van der Waals surface area (Å²) in [4.78, 5) is 30.1. The van der Waals surface area contributed by atoms with Gasteiger partial charge < -0.3 is 10.1 Å². The Hall–Kier alpha value is -1.83. The zero-order chi connectivity index (χ0) is 21.0. The molecule has 3 rings (SSSR count). The van der Waals surface area contributed by atoms with Crippen molar-refractivity contribution in [1.82, 2.24) is 4.90 Å². The largest absolute Gasteiger partial charge is 0.462 e. The molecule has 5 nitrogen and oxygen atoms in total. The molecule has 1 amide bonds. The number of anilines is 1. The molecule has 156 valence electrons. The second-order valence-corrected chi connectivity index (χ2v) is 9.60. The second-order valence-electron chi connectivity index (χ2n) is 7.15. The van der Waals surface area contributed by atoms with Gasteiger partial charge in [-0.25, -0.2) is 4.79 Å². The summed E-state index contributed by atoms with van der Waals surface area (Å²) in [6, 6.07) is 8.00. The van der Waals surface area contributed by atoms with Crippen molar-refractivity contribution in [2.24, 2.45) is 0 Å². The first-order chi connectivity index (χ1) is 13.9. The molecule has 1 aliphatic heterocycles. The van der Waals surface area contributed by atoms with Gasteiger partial charge in [-0.3, -0.25) is 9.69 Å². The van der Waals surface area contributed by atoms with Crippen molar-refractivity contribution in [2.75, 3.05) is 24.2 Å². The molecule has 0 unspecified atom stereocenters. The first-order valence-electron chi connectivity index (χ1n) is 10.0. The molecule has 0 saturated carbocycles. The van der Waals surface area contributed by atoms with Crippen molar-refractivity contribution >= 4 is 40.0 Å². The highest BCUT2D eigenvalue weighted by Gasteiger charge is 2.30. The quantitative estimate of drug-likeness (QED) is 0.490. The molecule has 2 aromatic rings. The van der Waals surface area contributed by atoms with Crippen molar-refractivity contribution in [3.63, 3.8) is 0 Å². The Labute approximate surface area is 180 Å². The van der Waals surface area contributed by atoms with E-state index >= 15 is 0 Å². The van der Waals surface area contributed by atoms with E-state index in [-0.39, 0.29) is 11.9 Å². The Morgan fingerprint density at radius 2 is 1.97 bits per heavy atom. The fraction of sp³-hybridized carbons (Fsp3) is 0.455. The topological polar surface area (TPSA) is 58.6 Å². The molecule has 7 heteroatoms. The van der Waals surface area contributed by atoms with E-state index in [4.69, 9.17) is 4.74 Å². The lowest BCUT2D eigenvalue weighted by Gasteiger charge is -2.30. The predicted octanol–water partition coefficient (Wildman–Crippen LogP) is 5.06. The number of nitrogens with zero attached hydrogens (tertiary/aromatic N) is 1. The maximum atomic E-state index is 12.8. The summed E-state index contributed by atoms with van der Waals surface area (Å²) in [6.07, 6.45) is 0.789. The van der Waals surface area contributed by atoms with Crippen molar-refractivity contribution in [2.45, 2.75) is 51.6 Å². The fourth-order valence-electron chi connectivity index (χ4n) is 3.42. The van der Waals surface area contributed by atoms with Gasteiger partial charge in [-0.15, -0.1) is 23.1 Å². The lowest BCUT2D eigenvalue weighted by atomic mass is 10.0. The number of ether oxygens (including phenoxy) is 1. The van der Waals surface area contributed by atoms with E-state index in [2.05, 4.69) is 31.0 Å². The number of esters is 1. The number of thiophene rings is 1. The highest BCUT2D eigenvalue weighted by atomic mass is 32.2. The third-order valence-corrected chi connectivity index (χ3v) is 6.98. The molecule has 1 aromatic heterocycles. The summed E-state index contributed by atoms with van der Waals surface area (Å²) < 4.78 is 5.30. The average Bonchev–Trinajstić information content (AvgIpc) is 3.05. The van der Waals surface area contributed by atoms with Crippen LogP contribution in [0.25, 0.3) is 0 Å².